The standard InChI is InChI=1S/C19H27N3O3/c23-16(17-9-5-11-24-17)12-15-8-2-1-3-10-22(15)13-18-20-21-19(25-18)14-6-4-7-14/h5,9,11,14-16,23H,1-4,6-8,10,12-13H2. The van der Waals surface area contributed by atoms with E-state index in [0.717, 1.165) is 18.9 Å². The molecule has 6 heteroatoms. The first kappa shape index (κ1) is 16.8. The molecular weight excluding hydrogens is 318 g/mol. The molecule has 2 fully saturated rings. The van der Waals surface area contributed by atoms with Crippen LogP contribution in [0.25, 0.3) is 0 Å². The number of hydrogen-bond acceptors (Lipinski definition) is 6. The van der Waals surface area contributed by atoms with Gasteiger partial charge in [-0.3, -0.25) is 4.90 Å². The molecule has 0 radical (unpaired) electrons. The van der Waals surface area contributed by atoms with Gasteiger partial charge in [-0.05, 0) is 50.8 Å². The predicted molar refractivity (Wildman–Crippen MR) is 91.8 cm³/mol. The van der Waals surface area contributed by atoms with Crippen molar-refractivity contribution in [2.45, 2.75) is 76.0 Å². The van der Waals surface area contributed by atoms with Crippen molar-refractivity contribution < 1.29 is 13.9 Å². The van der Waals surface area contributed by atoms with Crippen LogP contribution >= 0.6 is 0 Å². The highest BCUT2D eigenvalue weighted by Gasteiger charge is 2.28. The Hall–Kier alpha value is -1.66. The Morgan fingerprint density at radius 2 is 2.08 bits per heavy atom. The van der Waals surface area contributed by atoms with Gasteiger partial charge in [-0.2, -0.15) is 0 Å². The third-order valence-corrected chi connectivity index (χ3v) is 5.64. The van der Waals surface area contributed by atoms with E-state index < -0.39 is 6.10 Å². The summed E-state index contributed by atoms with van der Waals surface area (Å²) < 4.78 is 11.3. The smallest absolute Gasteiger partial charge is 0.230 e. The third-order valence-electron chi connectivity index (χ3n) is 5.64. The van der Waals surface area contributed by atoms with Gasteiger partial charge in [0.2, 0.25) is 11.8 Å². The van der Waals surface area contributed by atoms with Crippen molar-refractivity contribution in [1.82, 2.24) is 15.1 Å². The van der Waals surface area contributed by atoms with E-state index in [9.17, 15) is 5.11 Å². The van der Waals surface area contributed by atoms with Gasteiger partial charge in [0.25, 0.3) is 0 Å². The summed E-state index contributed by atoms with van der Waals surface area (Å²) in [7, 11) is 0. The molecular formula is C19H27N3O3. The summed E-state index contributed by atoms with van der Waals surface area (Å²) in [6, 6.07) is 3.97. The second-order valence-electron chi connectivity index (χ2n) is 7.40. The van der Waals surface area contributed by atoms with Gasteiger partial charge in [-0.25, -0.2) is 0 Å². The molecule has 136 valence electrons. The number of nitrogens with zero attached hydrogens (tertiary/aromatic N) is 3. The van der Waals surface area contributed by atoms with Crippen LogP contribution in [0.15, 0.2) is 27.2 Å². The lowest BCUT2D eigenvalue weighted by molar-refractivity contribution is 0.0786. The van der Waals surface area contributed by atoms with Crippen LogP contribution in [-0.4, -0.2) is 32.8 Å². The minimum absolute atomic E-state index is 0.307. The van der Waals surface area contributed by atoms with Crippen molar-refractivity contribution in [3.8, 4) is 0 Å². The number of likely N-dealkylation sites (tertiary alicyclic amines) is 1. The average Bonchev–Trinajstić information content (AvgIpc) is 3.19. The zero-order valence-electron chi connectivity index (χ0n) is 14.6. The highest BCUT2D eigenvalue weighted by Crippen LogP contribution is 2.35. The molecule has 1 aliphatic carbocycles. The highest BCUT2D eigenvalue weighted by molar-refractivity contribution is 5.03. The topological polar surface area (TPSA) is 75.5 Å². The van der Waals surface area contributed by atoms with Gasteiger partial charge in [-0.15, -0.1) is 10.2 Å². The molecule has 1 aliphatic heterocycles. The first-order chi connectivity index (χ1) is 12.3. The van der Waals surface area contributed by atoms with Crippen molar-refractivity contribution >= 4 is 0 Å². The van der Waals surface area contributed by atoms with Crippen molar-refractivity contribution in [3.05, 3.63) is 35.9 Å². The lowest BCUT2D eigenvalue weighted by atomic mass is 9.85. The summed E-state index contributed by atoms with van der Waals surface area (Å²) in [5.41, 5.74) is 0. The fourth-order valence-electron chi connectivity index (χ4n) is 3.89. The van der Waals surface area contributed by atoms with Crippen molar-refractivity contribution in [1.29, 1.82) is 0 Å². The largest absolute Gasteiger partial charge is 0.467 e. The summed E-state index contributed by atoms with van der Waals surface area (Å²) in [5, 5.41) is 19.0. The Morgan fingerprint density at radius 3 is 2.84 bits per heavy atom. The second kappa shape index (κ2) is 7.70. The lowest BCUT2D eigenvalue weighted by Crippen LogP contribution is -2.35. The first-order valence-corrected chi connectivity index (χ1v) is 9.57. The van der Waals surface area contributed by atoms with Gasteiger partial charge in [-0.1, -0.05) is 19.3 Å². The van der Waals surface area contributed by atoms with Crippen LogP contribution < -0.4 is 0 Å². The van der Waals surface area contributed by atoms with E-state index >= 15 is 0 Å². The van der Waals surface area contributed by atoms with Crippen LogP contribution in [0, 0.1) is 0 Å². The lowest BCUT2D eigenvalue weighted by Gasteiger charge is -2.30. The van der Waals surface area contributed by atoms with Crippen LogP contribution in [0.3, 0.4) is 0 Å². The maximum atomic E-state index is 10.5. The molecule has 0 bridgehead atoms. The number of aliphatic hydroxyl groups excluding tert-OH is 1. The summed E-state index contributed by atoms with van der Waals surface area (Å²) in [6.07, 6.45) is 10.0. The number of hydrogen-bond donors (Lipinski definition) is 1. The fourth-order valence-corrected chi connectivity index (χ4v) is 3.89. The van der Waals surface area contributed by atoms with Gasteiger partial charge in [0.15, 0.2) is 0 Å². The number of rotatable bonds is 6. The Bertz CT molecular complexity index is 651. The minimum atomic E-state index is -0.561. The molecule has 2 unspecified atom stereocenters. The highest BCUT2D eigenvalue weighted by atomic mass is 16.4. The molecule has 2 aromatic heterocycles. The summed E-state index contributed by atoms with van der Waals surface area (Å²) in [6.45, 7) is 1.69. The Morgan fingerprint density at radius 1 is 1.16 bits per heavy atom. The molecule has 1 saturated heterocycles. The molecule has 2 atom stereocenters. The van der Waals surface area contributed by atoms with E-state index in [4.69, 9.17) is 8.83 Å². The summed E-state index contributed by atoms with van der Waals surface area (Å²) in [5.74, 6) is 2.64. The van der Waals surface area contributed by atoms with Gasteiger partial charge in [0, 0.05) is 12.0 Å². The van der Waals surface area contributed by atoms with Gasteiger partial charge in [0.05, 0.1) is 12.8 Å². The maximum absolute atomic E-state index is 10.5. The quantitative estimate of drug-likeness (QED) is 0.858. The molecule has 0 spiro atoms. The van der Waals surface area contributed by atoms with Crippen LogP contribution in [0.2, 0.25) is 0 Å². The molecule has 0 amide bonds. The van der Waals surface area contributed by atoms with E-state index in [1.165, 1.54) is 38.5 Å². The van der Waals surface area contributed by atoms with Gasteiger partial charge < -0.3 is 13.9 Å². The molecule has 4 rings (SSSR count). The average molecular weight is 345 g/mol. The SMILES string of the molecule is OC(CC1CCCCCN1Cc1nnc(C2CCC2)o1)c1ccco1. The zero-order chi connectivity index (χ0) is 17.1. The zero-order valence-corrected chi connectivity index (χ0v) is 14.6. The van der Waals surface area contributed by atoms with Crippen LogP contribution in [0.5, 0.6) is 0 Å². The Labute approximate surface area is 148 Å². The molecule has 0 aromatic carbocycles. The number of furan rings is 1. The molecule has 1 N–H and O–H groups in total. The second-order valence-corrected chi connectivity index (χ2v) is 7.40. The van der Waals surface area contributed by atoms with Crippen LogP contribution in [0.1, 0.15) is 80.9 Å². The van der Waals surface area contributed by atoms with E-state index in [-0.39, 0.29) is 0 Å². The maximum Gasteiger partial charge on any atom is 0.230 e. The fraction of sp³-hybridized carbons (Fsp3) is 0.684. The molecule has 3 heterocycles. The summed E-state index contributed by atoms with van der Waals surface area (Å²) >= 11 is 0. The Kier molecular flexibility index (Phi) is 5.17. The van der Waals surface area contributed by atoms with E-state index in [2.05, 4.69) is 15.1 Å². The number of aliphatic hydroxyl groups is 1. The molecule has 1 saturated carbocycles. The molecule has 2 aromatic rings. The normalized spacial score (nSPS) is 24.0. The van der Waals surface area contributed by atoms with Gasteiger partial charge >= 0.3 is 0 Å². The van der Waals surface area contributed by atoms with Crippen LogP contribution in [-0.2, 0) is 6.54 Å². The molecule has 2 aliphatic rings. The third kappa shape index (κ3) is 3.96. The number of aromatic nitrogens is 2. The first-order valence-electron chi connectivity index (χ1n) is 9.57. The monoisotopic (exact) mass is 345 g/mol. The van der Waals surface area contributed by atoms with E-state index in [1.54, 1.807) is 6.26 Å². The van der Waals surface area contributed by atoms with Gasteiger partial charge in [0.1, 0.15) is 11.9 Å². The van der Waals surface area contributed by atoms with Crippen molar-refractivity contribution in [2.24, 2.45) is 0 Å². The van der Waals surface area contributed by atoms with Crippen LogP contribution in [0.4, 0.5) is 0 Å². The van der Waals surface area contributed by atoms with Crippen molar-refractivity contribution in [3.63, 3.8) is 0 Å². The molecule has 25 heavy (non-hydrogen) atoms. The molecule has 6 nitrogen and oxygen atoms in total. The Balaban J connectivity index is 1.42. The predicted octanol–water partition coefficient (Wildman–Crippen LogP) is 3.80. The van der Waals surface area contributed by atoms with E-state index in [1.807, 2.05) is 12.1 Å². The van der Waals surface area contributed by atoms with E-state index in [0.29, 0.717) is 36.6 Å². The van der Waals surface area contributed by atoms with Crippen molar-refractivity contribution in [2.75, 3.05) is 6.54 Å². The summed E-state index contributed by atoms with van der Waals surface area (Å²) in [4.78, 5) is 2.40. The minimum Gasteiger partial charge on any atom is -0.467 e.